The molecule has 0 unspecified atom stereocenters. The third kappa shape index (κ3) is 3.83. The topological polar surface area (TPSA) is 59.8 Å². The highest BCUT2D eigenvalue weighted by Crippen LogP contribution is 2.40. The number of rotatable bonds is 6. The molecule has 1 aliphatic carbocycles. The summed E-state index contributed by atoms with van der Waals surface area (Å²) in [5, 5.41) is 9.03. The van der Waals surface area contributed by atoms with Crippen molar-refractivity contribution in [2.24, 2.45) is 0 Å². The van der Waals surface area contributed by atoms with E-state index in [0.29, 0.717) is 18.0 Å². The Hall–Kier alpha value is -2.40. The van der Waals surface area contributed by atoms with Crippen LogP contribution in [0.4, 0.5) is 0 Å². The second kappa shape index (κ2) is 7.31. The maximum absolute atomic E-state index is 12.9. The van der Waals surface area contributed by atoms with Crippen LogP contribution < -0.4 is 5.32 Å². The lowest BCUT2D eigenvalue weighted by Crippen LogP contribution is -2.26. The van der Waals surface area contributed by atoms with Gasteiger partial charge in [0.1, 0.15) is 0 Å². The van der Waals surface area contributed by atoms with E-state index < -0.39 is 0 Å². The predicted octanol–water partition coefficient (Wildman–Crippen LogP) is 4.52. The molecule has 2 heterocycles. The van der Waals surface area contributed by atoms with Gasteiger partial charge >= 0.3 is 0 Å². The first-order chi connectivity index (χ1) is 13.0. The van der Waals surface area contributed by atoms with Gasteiger partial charge in [0.2, 0.25) is 0 Å². The highest BCUT2D eigenvalue weighted by molar-refractivity contribution is 6.30. The number of amides is 1. The molecule has 0 spiro atoms. The molecule has 0 atom stereocenters. The van der Waals surface area contributed by atoms with Crippen LogP contribution in [0.5, 0.6) is 0 Å². The highest BCUT2D eigenvalue weighted by atomic mass is 35.5. The van der Waals surface area contributed by atoms with Crippen molar-refractivity contribution >= 4 is 28.5 Å². The van der Waals surface area contributed by atoms with E-state index in [9.17, 15) is 4.79 Å². The fourth-order valence-corrected chi connectivity index (χ4v) is 3.38. The average Bonchev–Trinajstić information content (AvgIpc) is 3.41. The molecule has 0 aliphatic heterocycles. The van der Waals surface area contributed by atoms with Crippen molar-refractivity contribution in [3.05, 3.63) is 58.4 Å². The molecule has 140 valence electrons. The quantitative estimate of drug-likeness (QED) is 0.682. The number of carbonyl (C=O) groups excluding carboxylic acids is 1. The number of pyridine rings is 1. The van der Waals surface area contributed by atoms with Gasteiger partial charge in [0.15, 0.2) is 5.65 Å². The Bertz CT molecular complexity index is 974. The van der Waals surface area contributed by atoms with Gasteiger partial charge in [-0.05, 0) is 56.9 Å². The maximum Gasteiger partial charge on any atom is 0.252 e. The molecule has 27 heavy (non-hydrogen) atoms. The lowest BCUT2D eigenvalue weighted by Gasteiger charge is -2.11. The molecule has 0 saturated heterocycles. The first-order valence-corrected chi connectivity index (χ1v) is 9.81. The van der Waals surface area contributed by atoms with Crippen molar-refractivity contribution in [3.8, 4) is 0 Å². The Labute approximate surface area is 163 Å². The molecule has 1 amide bonds. The molecule has 1 aromatic carbocycles. The number of halogens is 1. The predicted molar refractivity (Wildman–Crippen MR) is 107 cm³/mol. The number of carbonyl (C=O) groups is 1. The van der Waals surface area contributed by atoms with Gasteiger partial charge < -0.3 is 5.32 Å². The molecular formula is C21H23ClN4O. The minimum absolute atomic E-state index is 0.0680. The number of fused-ring (bicyclic) bond motifs is 1. The zero-order chi connectivity index (χ0) is 19.0. The number of nitrogens with zero attached hydrogens (tertiary/aromatic N) is 3. The van der Waals surface area contributed by atoms with Crippen LogP contribution in [0.2, 0.25) is 5.02 Å². The van der Waals surface area contributed by atoms with Gasteiger partial charge in [-0.25, -0.2) is 9.67 Å². The lowest BCUT2D eigenvalue weighted by atomic mass is 10.1. The normalized spacial score (nSPS) is 14.1. The van der Waals surface area contributed by atoms with Crippen LogP contribution in [0.25, 0.3) is 11.0 Å². The van der Waals surface area contributed by atoms with Crippen molar-refractivity contribution in [1.82, 2.24) is 20.1 Å². The molecule has 1 saturated carbocycles. The average molecular weight is 383 g/mol. The smallest absolute Gasteiger partial charge is 0.252 e. The molecule has 5 nitrogen and oxygen atoms in total. The summed E-state index contributed by atoms with van der Waals surface area (Å²) in [4.78, 5) is 17.7. The molecule has 1 N–H and O–H groups in total. The summed E-state index contributed by atoms with van der Waals surface area (Å²) in [5.41, 5.74) is 3.63. The SMILES string of the molecule is CC(C)n1ncc2c(C(=O)NCCc3ccc(Cl)cc3)cc(C3CC3)nc21. The molecule has 2 aromatic heterocycles. The van der Waals surface area contributed by atoms with Gasteiger partial charge in [0.05, 0.1) is 17.1 Å². The minimum atomic E-state index is -0.0680. The van der Waals surface area contributed by atoms with Crippen molar-refractivity contribution < 1.29 is 4.79 Å². The monoisotopic (exact) mass is 382 g/mol. The molecule has 1 aliphatic rings. The summed E-state index contributed by atoms with van der Waals surface area (Å²) in [6.07, 6.45) is 4.81. The van der Waals surface area contributed by atoms with Gasteiger partial charge in [-0.2, -0.15) is 5.10 Å². The largest absolute Gasteiger partial charge is 0.352 e. The van der Waals surface area contributed by atoms with E-state index in [-0.39, 0.29) is 11.9 Å². The van der Waals surface area contributed by atoms with Crippen LogP contribution >= 0.6 is 11.6 Å². The van der Waals surface area contributed by atoms with Crippen LogP contribution in [0.1, 0.15) is 60.3 Å². The van der Waals surface area contributed by atoms with E-state index in [4.69, 9.17) is 16.6 Å². The first-order valence-electron chi connectivity index (χ1n) is 9.43. The Morgan fingerprint density at radius 2 is 2.04 bits per heavy atom. The van der Waals surface area contributed by atoms with Gasteiger partial charge in [0, 0.05) is 29.2 Å². The van der Waals surface area contributed by atoms with E-state index in [0.717, 1.165) is 46.6 Å². The minimum Gasteiger partial charge on any atom is -0.352 e. The first kappa shape index (κ1) is 18.0. The van der Waals surface area contributed by atoms with E-state index in [1.807, 2.05) is 35.0 Å². The van der Waals surface area contributed by atoms with Crippen molar-refractivity contribution in [1.29, 1.82) is 0 Å². The van der Waals surface area contributed by atoms with E-state index in [2.05, 4.69) is 24.3 Å². The van der Waals surface area contributed by atoms with Gasteiger partial charge in [0.25, 0.3) is 5.91 Å². The Morgan fingerprint density at radius 1 is 1.30 bits per heavy atom. The molecule has 1 fully saturated rings. The fourth-order valence-electron chi connectivity index (χ4n) is 3.26. The van der Waals surface area contributed by atoms with Crippen LogP contribution in [-0.4, -0.2) is 27.2 Å². The van der Waals surface area contributed by atoms with Gasteiger partial charge in [-0.1, -0.05) is 23.7 Å². The summed E-state index contributed by atoms with van der Waals surface area (Å²) in [7, 11) is 0. The molecule has 3 aromatic rings. The number of nitrogens with one attached hydrogen (secondary N) is 1. The van der Waals surface area contributed by atoms with E-state index in [1.54, 1.807) is 6.20 Å². The third-order valence-electron chi connectivity index (χ3n) is 4.93. The van der Waals surface area contributed by atoms with Crippen LogP contribution in [0.3, 0.4) is 0 Å². The number of aromatic nitrogens is 3. The maximum atomic E-state index is 12.9. The molecule has 0 bridgehead atoms. The lowest BCUT2D eigenvalue weighted by molar-refractivity contribution is 0.0955. The summed E-state index contributed by atoms with van der Waals surface area (Å²) in [6, 6.07) is 9.85. The van der Waals surface area contributed by atoms with E-state index >= 15 is 0 Å². The molecule has 6 heteroatoms. The van der Waals surface area contributed by atoms with Crippen molar-refractivity contribution in [2.75, 3.05) is 6.54 Å². The Morgan fingerprint density at radius 3 is 2.70 bits per heavy atom. The summed E-state index contributed by atoms with van der Waals surface area (Å²) in [5.74, 6) is 0.409. The summed E-state index contributed by atoms with van der Waals surface area (Å²) >= 11 is 5.92. The summed E-state index contributed by atoms with van der Waals surface area (Å²) in [6.45, 7) is 4.72. The zero-order valence-corrected chi connectivity index (χ0v) is 16.3. The standard InChI is InChI=1S/C21H23ClN4O/c1-13(2)26-20-18(12-24-26)17(11-19(25-20)15-5-6-15)21(27)23-10-9-14-3-7-16(22)8-4-14/h3-4,7-8,11-13,15H,5-6,9-10H2,1-2H3,(H,23,27). The molecule has 4 rings (SSSR count). The Kier molecular flexibility index (Phi) is 4.87. The number of hydrogen-bond acceptors (Lipinski definition) is 3. The molecular weight excluding hydrogens is 360 g/mol. The fraction of sp³-hybridized carbons (Fsp3) is 0.381. The van der Waals surface area contributed by atoms with Crippen molar-refractivity contribution in [3.63, 3.8) is 0 Å². The highest BCUT2D eigenvalue weighted by Gasteiger charge is 2.28. The number of hydrogen-bond donors (Lipinski definition) is 1. The zero-order valence-electron chi connectivity index (χ0n) is 15.6. The van der Waals surface area contributed by atoms with Crippen LogP contribution in [0, 0.1) is 0 Å². The summed E-state index contributed by atoms with van der Waals surface area (Å²) < 4.78 is 1.89. The molecule has 0 radical (unpaired) electrons. The van der Waals surface area contributed by atoms with E-state index in [1.165, 1.54) is 0 Å². The van der Waals surface area contributed by atoms with Crippen molar-refractivity contribution in [2.45, 2.75) is 45.1 Å². The van der Waals surface area contributed by atoms with Crippen LogP contribution in [0.15, 0.2) is 36.5 Å². The third-order valence-corrected chi connectivity index (χ3v) is 5.18. The second-order valence-corrected chi connectivity index (χ2v) is 7.86. The van der Waals surface area contributed by atoms with Gasteiger partial charge in [-0.3, -0.25) is 4.79 Å². The van der Waals surface area contributed by atoms with Gasteiger partial charge in [-0.15, -0.1) is 0 Å². The van der Waals surface area contributed by atoms with Crippen LogP contribution in [-0.2, 0) is 6.42 Å². The second-order valence-electron chi connectivity index (χ2n) is 7.42. The Balaban J connectivity index is 1.56. The number of benzene rings is 1.